The van der Waals surface area contributed by atoms with E-state index in [9.17, 15) is 52.7 Å². The van der Waals surface area contributed by atoms with Crippen LogP contribution in [0.5, 0.6) is 11.5 Å². The van der Waals surface area contributed by atoms with Crippen LogP contribution in [0.25, 0.3) is 0 Å². The second-order valence-electron chi connectivity index (χ2n) is 6.90. The molecule has 0 bridgehead atoms. The first-order valence-electron chi connectivity index (χ1n) is 9.39. The zero-order chi connectivity index (χ0) is 29.8. The van der Waals surface area contributed by atoms with Gasteiger partial charge in [-0.15, -0.1) is 0 Å². The van der Waals surface area contributed by atoms with E-state index in [2.05, 4.69) is 41.3 Å². The molecule has 0 radical (unpaired) electrons. The predicted molar refractivity (Wildman–Crippen MR) is 114 cm³/mol. The highest BCUT2D eigenvalue weighted by atomic mass is 79.9. The van der Waals surface area contributed by atoms with Crippen LogP contribution < -0.4 is 4.74 Å². The Labute approximate surface area is 222 Å². The van der Waals surface area contributed by atoms with Gasteiger partial charge in [-0.25, -0.2) is 0 Å². The lowest BCUT2D eigenvalue weighted by Gasteiger charge is -2.40. The van der Waals surface area contributed by atoms with Gasteiger partial charge < -0.3 is 19.7 Å². The molecule has 0 unspecified atom stereocenters. The van der Waals surface area contributed by atoms with Crippen molar-refractivity contribution in [2.45, 2.75) is 35.9 Å². The molecule has 0 saturated carbocycles. The van der Waals surface area contributed by atoms with Crippen molar-refractivity contribution in [2.24, 2.45) is 0 Å². The molecule has 0 spiro atoms. The van der Waals surface area contributed by atoms with Gasteiger partial charge in [0.15, 0.2) is 6.79 Å². The molecule has 0 atom stereocenters. The normalized spacial score (nSPS) is 15.7. The van der Waals surface area contributed by atoms with Crippen LogP contribution in [0.15, 0.2) is 48.5 Å². The highest BCUT2D eigenvalue weighted by molar-refractivity contribution is 9.24. The van der Waals surface area contributed by atoms with Gasteiger partial charge in [0.25, 0.3) is 11.2 Å². The van der Waals surface area contributed by atoms with Crippen LogP contribution >= 0.6 is 31.9 Å². The number of aromatic hydroxyl groups is 1. The summed E-state index contributed by atoms with van der Waals surface area (Å²) in [5, 5.41) is 17.9. The largest absolute Gasteiger partial charge is 0.508 e. The summed E-state index contributed by atoms with van der Waals surface area (Å²) < 4.78 is 161. The average Bonchev–Trinajstić information content (AvgIpc) is 2.76. The molecule has 0 aliphatic carbocycles. The molecule has 3 rings (SSSR count). The second-order valence-corrected chi connectivity index (χ2v) is 9.53. The standard InChI is InChI=1S/C10H6F6O2.C9H6F6O2.CH2Br2/c11-9(12,13)8(10(14,15)16)6-3-1-2-4-7(6)17-5-18-8;10-8(11,12)7(17,9(13,14)15)5-3-1-2-4-6(5)16;2-1-3/h1-4H,5H2;1-4,16-17H;1H2. The first-order chi connectivity index (χ1) is 17.1. The number of hydrogen-bond acceptors (Lipinski definition) is 4. The molecule has 18 heteroatoms. The molecule has 4 nitrogen and oxygen atoms in total. The molecule has 216 valence electrons. The topological polar surface area (TPSA) is 58.9 Å². The quantitative estimate of drug-likeness (QED) is 0.235. The lowest BCUT2D eigenvalue weighted by atomic mass is 9.90. The van der Waals surface area contributed by atoms with Crippen LogP contribution in [0.2, 0.25) is 0 Å². The van der Waals surface area contributed by atoms with E-state index in [0.29, 0.717) is 18.2 Å². The SMILES string of the molecule is BrCBr.FC(F)(F)C1(C(F)(F)F)OCOc2ccccc21.Oc1ccccc1C(O)(C(F)(F)F)C(F)(F)F. The summed E-state index contributed by atoms with van der Waals surface area (Å²) in [5.41, 5.74) is -12.2. The molecule has 0 saturated heterocycles. The zero-order valence-corrected chi connectivity index (χ0v) is 21.2. The molecule has 0 amide bonds. The predicted octanol–water partition coefficient (Wildman–Crippen LogP) is 7.81. The number of aliphatic hydroxyl groups is 1. The molecule has 38 heavy (non-hydrogen) atoms. The Morgan fingerprint density at radius 2 is 1.16 bits per heavy atom. The van der Waals surface area contributed by atoms with Gasteiger partial charge in [0.05, 0.1) is 4.24 Å². The highest BCUT2D eigenvalue weighted by Crippen LogP contribution is 2.56. The minimum atomic E-state index is -6.00. The highest BCUT2D eigenvalue weighted by Gasteiger charge is 2.75. The van der Waals surface area contributed by atoms with Crippen molar-refractivity contribution in [3.8, 4) is 11.5 Å². The maximum atomic E-state index is 12.9. The monoisotopic (exact) mass is 704 g/mol. The summed E-state index contributed by atoms with van der Waals surface area (Å²) >= 11 is 6.12. The van der Waals surface area contributed by atoms with E-state index in [1.807, 2.05) is 0 Å². The fourth-order valence-electron chi connectivity index (χ4n) is 3.02. The lowest BCUT2D eigenvalue weighted by molar-refractivity contribution is -0.403. The van der Waals surface area contributed by atoms with Crippen molar-refractivity contribution in [1.29, 1.82) is 0 Å². The van der Waals surface area contributed by atoms with Gasteiger partial charge in [0.2, 0.25) is 0 Å². The Bertz CT molecular complexity index is 1020. The first-order valence-corrected chi connectivity index (χ1v) is 11.6. The van der Waals surface area contributed by atoms with Crippen LogP contribution in [0, 0.1) is 0 Å². The van der Waals surface area contributed by atoms with Gasteiger partial charge in [0.1, 0.15) is 11.5 Å². The Morgan fingerprint density at radius 3 is 1.58 bits per heavy atom. The van der Waals surface area contributed by atoms with E-state index in [1.165, 1.54) is 6.07 Å². The number of rotatable bonds is 1. The fraction of sp³-hybridized carbons (Fsp3) is 0.400. The Morgan fingerprint density at radius 1 is 0.737 bits per heavy atom. The van der Waals surface area contributed by atoms with E-state index < -0.39 is 65.3 Å². The average molecular weight is 706 g/mol. The molecule has 2 aromatic rings. The Hall–Kier alpha value is -1.92. The molecule has 0 aromatic heterocycles. The molecule has 1 heterocycles. The number of para-hydroxylation sites is 2. The van der Waals surface area contributed by atoms with Crippen LogP contribution in [0.1, 0.15) is 11.1 Å². The zero-order valence-electron chi connectivity index (χ0n) is 18.0. The second kappa shape index (κ2) is 12.1. The Kier molecular flexibility index (Phi) is 10.8. The maximum absolute atomic E-state index is 12.9. The maximum Gasteiger partial charge on any atom is 0.431 e. The molecular weight excluding hydrogens is 692 g/mol. The van der Waals surface area contributed by atoms with Crippen molar-refractivity contribution in [2.75, 3.05) is 11.0 Å². The number of halogens is 14. The van der Waals surface area contributed by atoms with E-state index in [0.717, 1.165) is 28.5 Å². The molecule has 0 fully saturated rings. The van der Waals surface area contributed by atoms with Crippen LogP contribution in [0.4, 0.5) is 52.7 Å². The third-order valence-electron chi connectivity index (χ3n) is 4.67. The first kappa shape index (κ1) is 34.1. The number of benzene rings is 2. The van der Waals surface area contributed by atoms with Gasteiger partial charge in [0, 0.05) is 11.1 Å². The van der Waals surface area contributed by atoms with Gasteiger partial charge >= 0.3 is 24.7 Å². The molecule has 1 aliphatic heterocycles. The fourth-order valence-corrected chi connectivity index (χ4v) is 3.02. The van der Waals surface area contributed by atoms with Gasteiger partial charge in [-0.3, -0.25) is 0 Å². The number of phenols is 1. The minimum Gasteiger partial charge on any atom is -0.508 e. The summed E-state index contributed by atoms with van der Waals surface area (Å²) in [4.78, 5) is 0. The summed E-state index contributed by atoms with van der Waals surface area (Å²) in [7, 11) is 0. The third kappa shape index (κ3) is 6.62. The van der Waals surface area contributed by atoms with Gasteiger partial charge in [-0.2, -0.15) is 52.7 Å². The summed E-state index contributed by atoms with van der Waals surface area (Å²) in [6.45, 7) is -1.12. The van der Waals surface area contributed by atoms with Crippen LogP contribution in [-0.4, -0.2) is 46.0 Å². The van der Waals surface area contributed by atoms with Gasteiger partial charge in [-0.1, -0.05) is 68.3 Å². The third-order valence-corrected chi connectivity index (χ3v) is 4.67. The molecule has 1 aliphatic rings. The van der Waals surface area contributed by atoms with E-state index >= 15 is 0 Å². The van der Waals surface area contributed by atoms with Crippen molar-refractivity contribution in [3.63, 3.8) is 0 Å². The summed E-state index contributed by atoms with van der Waals surface area (Å²) in [6, 6.07) is 6.92. The van der Waals surface area contributed by atoms with Crippen LogP contribution in [-0.2, 0) is 15.9 Å². The molecule has 2 N–H and O–H groups in total. The molecule has 2 aromatic carbocycles. The van der Waals surface area contributed by atoms with Crippen molar-refractivity contribution in [3.05, 3.63) is 59.7 Å². The Balaban J connectivity index is 0.000000345. The van der Waals surface area contributed by atoms with E-state index in [1.54, 1.807) is 0 Å². The number of phenolic OH excluding ortho intramolecular Hbond substituents is 1. The number of ether oxygens (including phenoxy) is 2. The number of hydrogen-bond donors (Lipinski definition) is 2. The minimum absolute atomic E-state index is 0.357. The lowest BCUT2D eigenvalue weighted by Crippen LogP contribution is -2.58. The van der Waals surface area contributed by atoms with Crippen molar-refractivity contribution in [1.82, 2.24) is 0 Å². The number of alkyl halides is 14. The number of fused-ring (bicyclic) bond motifs is 1. The molecular formula is C20H14Br2F12O4. The van der Waals surface area contributed by atoms with E-state index in [-0.39, 0.29) is 0 Å². The van der Waals surface area contributed by atoms with Crippen molar-refractivity contribution >= 4 is 31.9 Å². The van der Waals surface area contributed by atoms with Crippen LogP contribution in [0.3, 0.4) is 0 Å². The summed E-state index contributed by atoms with van der Waals surface area (Å²) in [6.07, 6.45) is -23.3. The van der Waals surface area contributed by atoms with Gasteiger partial charge in [-0.05, 0) is 12.1 Å². The van der Waals surface area contributed by atoms with Crippen molar-refractivity contribution < 1.29 is 72.4 Å². The smallest absolute Gasteiger partial charge is 0.431 e. The summed E-state index contributed by atoms with van der Waals surface area (Å²) in [5.74, 6) is -1.77. The van der Waals surface area contributed by atoms with E-state index in [4.69, 9.17) is 10.2 Å².